The van der Waals surface area contributed by atoms with Gasteiger partial charge in [-0.2, -0.15) is 0 Å². The van der Waals surface area contributed by atoms with E-state index in [4.69, 9.17) is 14.2 Å². The van der Waals surface area contributed by atoms with Crippen LogP contribution in [0.5, 0.6) is 0 Å². The summed E-state index contributed by atoms with van der Waals surface area (Å²) in [5.41, 5.74) is -0.0551. The second-order valence-corrected chi connectivity index (χ2v) is 14.4. The molecular formula is C34H56O3. The zero-order valence-electron chi connectivity index (χ0n) is 24.3. The highest BCUT2D eigenvalue weighted by Gasteiger charge is 2.55. The molecule has 37 heavy (non-hydrogen) atoms. The topological polar surface area (TPSA) is 27.7 Å². The van der Waals surface area contributed by atoms with Gasteiger partial charge in [0.1, 0.15) is 0 Å². The van der Waals surface area contributed by atoms with E-state index in [1.54, 1.807) is 0 Å². The zero-order valence-corrected chi connectivity index (χ0v) is 24.3. The third kappa shape index (κ3) is 5.24. The third-order valence-corrected chi connectivity index (χ3v) is 12.7. The lowest BCUT2D eigenvalue weighted by atomic mass is 9.56. The average molecular weight is 513 g/mol. The fourth-order valence-electron chi connectivity index (χ4n) is 10.6. The molecule has 3 heteroatoms. The van der Waals surface area contributed by atoms with Gasteiger partial charge in [-0.15, -0.1) is 0 Å². The average Bonchev–Trinajstić information content (AvgIpc) is 2.97. The molecule has 0 N–H and O–H groups in total. The van der Waals surface area contributed by atoms with Crippen molar-refractivity contribution in [2.45, 2.75) is 140 Å². The van der Waals surface area contributed by atoms with E-state index < -0.39 is 0 Å². The van der Waals surface area contributed by atoms with Gasteiger partial charge >= 0.3 is 0 Å². The van der Waals surface area contributed by atoms with Gasteiger partial charge < -0.3 is 14.2 Å². The van der Waals surface area contributed by atoms with Crippen molar-refractivity contribution in [2.75, 3.05) is 14.2 Å². The smallest absolute Gasteiger partial charge is 0.0922 e. The van der Waals surface area contributed by atoms with Gasteiger partial charge in [-0.25, -0.2) is 0 Å². The predicted octanol–water partition coefficient (Wildman–Crippen LogP) is 8.36. The van der Waals surface area contributed by atoms with Crippen LogP contribution in [0.15, 0.2) is 12.2 Å². The molecular weight excluding hydrogens is 456 g/mol. The fraction of sp³-hybridized carbons (Fsp3) is 0.941. The molecule has 6 unspecified atom stereocenters. The first kappa shape index (κ1) is 26.8. The summed E-state index contributed by atoms with van der Waals surface area (Å²) in [6, 6.07) is 0. The highest BCUT2D eigenvalue weighted by Crippen LogP contribution is 2.57. The summed E-state index contributed by atoms with van der Waals surface area (Å²) in [5.74, 6) is 6.41. The maximum absolute atomic E-state index is 7.75. The Kier molecular flexibility index (Phi) is 8.42. The molecule has 6 atom stereocenters. The first-order valence-corrected chi connectivity index (χ1v) is 16.5. The Labute approximate surface area is 227 Å². The van der Waals surface area contributed by atoms with E-state index in [2.05, 4.69) is 19.1 Å². The number of rotatable bonds is 5. The molecule has 5 saturated carbocycles. The summed E-state index contributed by atoms with van der Waals surface area (Å²) in [7, 11) is 3.81. The van der Waals surface area contributed by atoms with Gasteiger partial charge in [-0.05, 0) is 118 Å². The van der Waals surface area contributed by atoms with Crippen molar-refractivity contribution in [1.29, 1.82) is 0 Å². The Morgan fingerprint density at radius 2 is 1.27 bits per heavy atom. The second kappa shape index (κ2) is 11.6. The van der Waals surface area contributed by atoms with Crippen LogP contribution in [-0.2, 0) is 14.2 Å². The molecule has 6 aliphatic rings. The molecule has 1 aliphatic heterocycles. The molecule has 0 aromatic heterocycles. The minimum Gasteiger partial charge on any atom is -0.381 e. The maximum Gasteiger partial charge on any atom is 0.0922 e. The summed E-state index contributed by atoms with van der Waals surface area (Å²) in [5, 5.41) is 0. The molecule has 1 heterocycles. The predicted molar refractivity (Wildman–Crippen MR) is 150 cm³/mol. The van der Waals surface area contributed by atoms with E-state index >= 15 is 0 Å². The molecule has 0 spiro atoms. The molecule has 6 rings (SSSR count). The highest BCUT2D eigenvalue weighted by molar-refractivity contribution is 5.19. The minimum atomic E-state index is -0.0551. The minimum absolute atomic E-state index is 0.0551. The Morgan fingerprint density at radius 3 is 1.86 bits per heavy atom. The van der Waals surface area contributed by atoms with E-state index in [0.717, 1.165) is 29.6 Å². The van der Waals surface area contributed by atoms with Crippen molar-refractivity contribution in [3.05, 3.63) is 12.2 Å². The molecule has 0 radical (unpaired) electrons. The van der Waals surface area contributed by atoms with Crippen molar-refractivity contribution in [2.24, 2.45) is 47.3 Å². The molecule has 3 nitrogen and oxygen atoms in total. The first-order valence-electron chi connectivity index (χ1n) is 16.5. The molecule has 0 saturated heterocycles. The SMILES string of the molecule is COC1CCC(C2(C3CCC(OC)CC3)C=CC3C(C)CC4CC(C5CCCCC5)CCC4C3O2)CC1. The fourth-order valence-corrected chi connectivity index (χ4v) is 10.6. The van der Waals surface area contributed by atoms with Gasteiger partial charge in [0, 0.05) is 20.1 Å². The Morgan fingerprint density at radius 1 is 0.649 bits per heavy atom. The van der Waals surface area contributed by atoms with Crippen LogP contribution in [-0.4, -0.2) is 38.1 Å². The summed E-state index contributed by atoms with van der Waals surface area (Å²) < 4.78 is 19.3. The van der Waals surface area contributed by atoms with Crippen LogP contribution in [0, 0.1) is 47.3 Å². The van der Waals surface area contributed by atoms with Crippen molar-refractivity contribution < 1.29 is 14.2 Å². The van der Waals surface area contributed by atoms with Gasteiger partial charge in [-0.3, -0.25) is 0 Å². The normalized spacial score (nSPS) is 49.3. The van der Waals surface area contributed by atoms with Crippen molar-refractivity contribution in [3.63, 3.8) is 0 Å². The van der Waals surface area contributed by atoms with Gasteiger partial charge in [-0.1, -0.05) is 51.2 Å². The number of methoxy groups -OCH3 is 2. The van der Waals surface area contributed by atoms with E-state index in [0.29, 0.717) is 36.1 Å². The Hall–Kier alpha value is -0.380. The van der Waals surface area contributed by atoms with Gasteiger partial charge in [0.25, 0.3) is 0 Å². The van der Waals surface area contributed by atoms with Gasteiger partial charge in [0.15, 0.2) is 0 Å². The number of ether oxygens (including phenoxy) is 3. The molecule has 0 aromatic rings. The molecule has 0 bridgehead atoms. The first-order chi connectivity index (χ1) is 18.1. The number of hydrogen-bond acceptors (Lipinski definition) is 3. The zero-order chi connectivity index (χ0) is 25.4. The summed E-state index contributed by atoms with van der Waals surface area (Å²) in [6.45, 7) is 2.55. The van der Waals surface area contributed by atoms with Crippen LogP contribution in [0.2, 0.25) is 0 Å². The number of fused-ring (bicyclic) bond motifs is 3. The molecule has 5 aliphatic carbocycles. The van der Waals surface area contributed by atoms with E-state index in [9.17, 15) is 0 Å². The van der Waals surface area contributed by atoms with E-state index in [1.807, 2.05) is 14.2 Å². The number of hydrogen-bond donors (Lipinski definition) is 0. The van der Waals surface area contributed by atoms with Crippen LogP contribution in [0.1, 0.15) is 116 Å². The lowest BCUT2D eigenvalue weighted by Gasteiger charge is -2.58. The quantitative estimate of drug-likeness (QED) is 0.346. The third-order valence-electron chi connectivity index (χ3n) is 12.7. The second-order valence-electron chi connectivity index (χ2n) is 14.4. The van der Waals surface area contributed by atoms with Crippen LogP contribution >= 0.6 is 0 Å². The van der Waals surface area contributed by atoms with Crippen molar-refractivity contribution >= 4 is 0 Å². The van der Waals surface area contributed by atoms with E-state index in [1.165, 1.54) is 109 Å². The van der Waals surface area contributed by atoms with E-state index in [-0.39, 0.29) is 5.60 Å². The Balaban J connectivity index is 1.23. The maximum atomic E-state index is 7.75. The lowest BCUT2D eigenvalue weighted by Crippen LogP contribution is -2.58. The van der Waals surface area contributed by atoms with Crippen LogP contribution in [0.4, 0.5) is 0 Å². The summed E-state index contributed by atoms with van der Waals surface area (Å²) in [6.07, 6.45) is 29.9. The monoisotopic (exact) mass is 512 g/mol. The molecule has 210 valence electrons. The molecule has 0 aromatic carbocycles. The molecule has 5 fully saturated rings. The summed E-state index contributed by atoms with van der Waals surface area (Å²) >= 11 is 0. The highest BCUT2D eigenvalue weighted by atomic mass is 16.5. The van der Waals surface area contributed by atoms with Gasteiger partial charge in [0.2, 0.25) is 0 Å². The van der Waals surface area contributed by atoms with Crippen LogP contribution in [0.25, 0.3) is 0 Å². The van der Waals surface area contributed by atoms with Crippen LogP contribution < -0.4 is 0 Å². The largest absolute Gasteiger partial charge is 0.381 e. The van der Waals surface area contributed by atoms with Crippen LogP contribution in [0.3, 0.4) is 0 Å². The molecule has 0 amide bonds. The lowest BCUT2D eigenvalue weighted by molar-refractivity contribution is -0.211. The van der Waals surface area contributed by atoms with Crippen molar-refractivity contribution in [1.82, 2.24) is 0 Å². The van der Waals surface area contributed by atoms with Crippen molar-refractivity contribution in [3.8, 4) is 0 Å². The summed E-state index contributed by atoms with van der Waals surface area (Å²) in [4.78, 5) is 0. The van der Waals surface area contributed by atoms with Gasteiger partial charge in [0.05, 0.1) is 23.9 Å². The Bertz CT molecular complexity index is 731. The standard InChI is InChI=1S/C34H56O3/c1-23-21-26-22-25(24-7-5-4-6-8-24)9-18-32(26)33-31(23)19-20-34(37-33,27-10-14-29(35-2)15-11-27)28-12-16-30(36-3)17-13-28/h19-20,23-33H,4-18,21-22H2,1-3H3.